The van der Waals surface area contributed by atoms with Gasteiger partial charge in [0, 0.05) is 6.42 Å². The molecule has 0 aromatic heterocycles. The quantitative estimate of drug-likeness (QED) is 0.124. The summed E-state index contributed by atoms with van der Waals surface area (Å²) in [7, 11) is 0. The highest BCUT2D eigenvalue weighted by Gasteiger charge is 2.06. The summed E-state index contributed by atoms with van der Waals surface area (Å²) in [6, 6.07) is 0. The van der Waals surface area contributed by atoms with Crippen LogP contribution in [0.15, 0.2) is 12.2 Å². The van der Waals surface area contributed by atoms with Crippen molar-refractivity contribution in [3.63, 3.8) is 0 Å². The molecular formula is C19H34Cl2O2. The minimum atomic E-state index is -1.04. The normalized spacial score (nSPS) is 11.5. The van der Waals surface area contributed by atoms with E-state index in [4.69, 9.17) is 23.2 Å². The highest BCUT2D eigenvalue weighted by molar-refractivity contribution is 6.43. The second-order valence-corrected chi connectivity index (χ2v) is 7.10. The Morgan fingerprint density at radius 3 is 1.83 bits per heavy atom. The van der Waals surface area contributed by atoms with Gasteiger partial charge in [0.15, 0.2) is 0 Å². The Kier molecular flexibility index (Phi) is 18.0. The molecule has 0 saturated carbocycles. The molecule has 0 N–H and O–H groups in total. The van der Waals surface area contributed by atoms with Crippen LogP contribution in [0.1, 0.15) is 96.8 Å². The molecule has 0 unspecified atom stereocenters. The third kappa shape index (κ3) is 19.7. The third-order valence-corrected chi connectivity index (χ3v) is 4.04. The Hall–Kier alpha value is -0.210. The van der Waals surface area contributed by atoms with Crippen LogP contribution in [0.25, 0.3) is 0 Å². The lowest BCUT2D eigenvalue weighted by Gasteiger charge is -2.04. The molecule has 0 spiro atoms. The second kappa shape index (κ2) is 18.1. The molecule has 0 aliphatic carbocycles. The first-order chi connectivity index (χ1) is 11.2. The summed E-state index contributed by atoms with van der Waals surface area (Å²) in [5, 5.41) is -1.04. The Morgan fingerprint density at radius 1 is 0.826 bits per heavy atom. The van der Waals surface area contributed by atoms with Crippen molar-refractivity contribution < 1.29 is 9.53 Å². The van der Waals surface area contributed by atoms with Crippen molar-refractivity contribution in [1.29, 1.82) is 0 Å². The molecule has 0 fully saturated rings. The molecule has 0 heterocycles. The highest BCUT2D eigenvalue weighted by Crippen LogP contribution is 2.11. The van der Waals surface area contributed by atoms with Gasteiger partial charge in [0.05, 0.1) is 0 Å². The minimum absolute atomic E-state index is 0.308. The van der Waals surface area contributed by atoms with Gasteiger partial charge in [-0.15, -0.1) is 0 Å². The number of halogens is 2. The standard InChI is InChI=1S/C19H34Cl2O2/c1-2-3-4-5-6-7-8-9-10-11-12-13-14-15-16-17-18(22)23-19(20)21/h9-10,19H,2-8,11-17H2,1H3/b10-9-. The predicted molar refractivity (Wildman–Crippen MR) is 101 cm³/mol. The lowest BCUT2D eigenvalue weighted by atomic mass is 10.1. The Morgan fingerprint density at radius 2 is 1.30 bits per heavy atom. The second-order valence-electron chi connectivity index (χ2n) is 6.08. The van der Waals surface area contributed by atoms with Crippen LogP contribution in [0.4, 0.5) is 0 Å². The molecule has 0 bridgehead atoms. The first-order valence-corrected chi connectivity index (χ1v) is 10.2. The third-order valence-electron chi connectivity index (χ3n) is 3.86. The molecule has 0 aliphatic rings. The first kappa shape index (κ1) is 22.8. The van der Waals surface area contributed by atoms with Crippen molar-refractivity contribution >= 4 is 29.2 Å². The molecule has 0 aliphatic heterocycles. The zero-order chi connectivity index (χ0) is 17.2. The molecule has 23 heavy (non-hydrogen) atoms. The summed E-state index contributed by atoms with van der Waals surface area (Å²) >= 11 is 10.7. The number of esters is 1. The van der Waals surface area contributed by atoms with E-state index in [0.717, 1.165) is 12.8 Å². The maximum absolute atomic E-state index is 11.2. The first-order valence-electron chi connectivity index (χ1n) is 9.29. The monoisotopic (exact) mass is 364 g/mol. The molecule has 0 atom stereocenters. The van der Waals surface area contributed by atoms with Gasteiger partial charge in [0.2, 0.25) is 0 Å². The van der Waals surface area contributed by atoms with Gasteiger partial charge in [-0.05, 0) is 32.1 Å². The van der Waals surface area contributed by atoms with Crippen LogP contribution in [0.3, 0.4) is 0 Å². The van der Waals surface area contributed by atoms with Gasteiger partial charge < -0.3 is 4.74 Å². The van der Waals surface area contributed by atoms with E-state index >= 15 is 0 Å². The molecule has 0 saturated heterocycles. The Bertz CT molecular complexity index is 291. The molecule has 0 aromatic rings. The number of unbranched alkanes of at least 4 members (excludes halogenated alkanes) is 11. The van der Waals surface area contributed by atoms with E-state index in [9.17, 15) is 4.79 Å². The van der Waals surface area contributed by atoms with Crippen LogP contribution in [-0.4, -0.2) is 11.0 Å². The lowest BCUT2D eigenvalue weighted by Crippen LogP contribution is -2.07. The van der Waals surface area contributed by atoms with Gasteiger partial charge >= 0.3 is 5.97 Å². The number of hydrogen-bond donors (Lipinski definition) is 0. The Labute approximate surface area is 153 Å². The summed E-state index contributed by atoms with van der Waals surface area (Å²) in [5.74, 6) is -0.308. The molecule has 4 heteroatoms. The van der Waals surface area contributed by atoms with Crippen LogP contribution >= 0.6 is 23.2 Å². The summed E-state index contributed by atoms with van der Waals surface area (Å²) in [6.07, 6.45) is 21.3. The Balaban J connectivity index is 3.18. The number of rotatable bonds is 16. The molecule has 0 radical (unpaired) electrons. The SMILES string of the molecule is CCCCCCCC/C=C\CCCCCCCC(=O)OC(Cl)Cl. The van der Waals surface area contributed by atoms with Crippen LogP contribution in [0, 0.1) is 0 Å². The highest BCUT2D eigenvalue weighted by atomic mass is 35.5. The van der Waals surface area contributed by atoms with Crippen molar-refractivity contribution in [2.75, 3.05) is 0 Å². The van der Waals surface area contributed by atoms with Gasteiger partial charge in [0.25, 0.3) is 5.02 Å². The van der Waals surface area contributed by atoms with Gasteiger partial charge in [-0.2, -0.15) is 0 Å². The molecule has 0 rings (SSSR count). The molecule has 0 amide bonds. The zero-order valence-corrected chi connectivity index (χ0v) is 16.2. The van der Waals surface area contributed by atoms with E-state index in [2.05, 4.69) is 23.8 Å². The van der Waals surface area contributed by atoms with Gasteiger partial charge in [-0.25, -0.2) is 0 Å². The average Bonchev–Trinajstić information content (AvgIpc) is 2.50. The van der Waals surface area contributed by atoms with E-state index < -0.39 is 5.02 Å². The topological polar surface area (TPSA) is 26.3 Å². The summed E-state index contributed by atoms with van der Waals surface area (Å²) in [5.41, 5.74) is 0. The number of carbonyl (C=O) groups excluding carboxylic acids is 1. The number of alkyl halides is 2. The predicted octanol–water partition coefficient (Wildman–Crippen LogP) is 7.33. The van der Waals surface area contributed by atoms with E-state index in [1.807, 2.05) is 0 Å². The van der Waals surface area contributed by atoms with Crippen molar-refractivity contribution in [1.82, 2.24) is 0 Å². The summed E-state index contributed by atoms with van der Waals surface area (Å²) in [4.78, 5) is 11.2. The van der Waals surface area contributed by atoms with Crippen LogP contribution in [-0.2, 0) is 9.53 Å². The fourth-order valence-electron chi connectivity index (χ4n) is 2.50. The van der Waals surface area contributed by atoms with Crippen LogP contribution in [0.2, 0.25) is 0 Å². The van der Waals surface area contributed by atoms with Gasteiger partial charge in [0.1, 0.15) is 0 Å². The van der Waals surface area contributed by atoms with Crippen molar-refractivity contribution in [2.24, 2.45) is 0 Å². The lowest BCUT2D eigenvalue weighted by molar-refractivity contribution is -0.143. The largest absolute Gasteiger partial charge is 0.431 e. The maximum atomic E-state index is 11.2. The number of hydrogen-bond acceptors (Lipinski definition) is 2. The summed E-state index contributed by atoms with van der Waals surface area (Å²) in [6.45, 7) is 2.26. The fraction of sp³-hybridized carbons (Fsp3) is 0.842. The van der Waals surface area contributed by atoms with Crippen molar-refractivity contribution in [3.8, 4) is 0 Å². The van der Waals surface area contributed by atoms with E-state index in [0.29, 0.717) is 6.42 Å². The van der Waals surface area contributed by atoms with Crippen LogP contribution in [0.5, 0.6) is 0 Å². The van der Waals surface area contributed by atoms with E-state index in [-0.39, 0.29) is 5.97 Å². The fourth-order valence-corrected chi connectivity index (χ4v) is 2.70. The maximum Gasteiger partial charge on any atom is 0.308 e. The average molecular weight is 365 g/mol. The molecule has 136 valence electrons. The molecule has 0 aromatic carbocycles. The molecular weight excluding hydrogens is 331 g/mol. The minimum Gasteiger partial charge on any atom is -0.431 e. The smallest absolute Gasteiger partial charge is 0.308 e. The van der Waals surface area contributed by atoms with Gasteiger partial charge in [-0.1, -0.05) is 93.6 Å². The van der Waals surface area contributed by atoms with Crippen molar-refractivity contribution in [2.45, 2.75) is 102 Å². The van der Waals surface area contributed by atoms with E-state index in [1.165, 1.54) is 70.6 Å². The zero-order valence-electron chi connectivity index (χ0n) is 14.7. The van der Waals surface area contributed by atoms with Crippen molar-refractivity contribution in [3.05, 3.63) is 12.2 Å². The molecule has 2 nitrogen and oxygen atoms in total. The number of allylic oxidation sites excluding steroid dienone is 2. The summed E-state index contributed by atoms with van der Waals surface area (Å²) < 4.78 is 4.65. The van der Waals surface area contributed by atoms with Crippen LogP contribution < -0.4 is 0 Å². The van der Waals surface area contributed by atoms with Gasteiger partial charge in [-0.3, -0.25) is 4.79 Å². The number of carbonyl (C=O) groups is 1. The number of ether oxygens (including phenoxy) is 1. The van der Waals surface area contributed by atoms with E-state index in [1.54, 1.807) is 0 Å².